The number of hydrogen-bond donors (Lipinski definition) is 3. The fourth-order valence-corrected chi connectivity index (χ4v) is 2.28. The van der Waals surface area contributed by atoms with E-state index in [1.165, 1.54) is 0 Å². The predicted octanol–water partition coefficient (Wildman–Crippen LogP) is 1.64. The van der Waals surface area contributed by atoms with Gasteiger partial charge in [-0.2, -0.15) is 0 Å². The molecule has 19 heavy (non-hydrogen) atoms. The molecule has 0 radical (unpaired) electrons. The molecule has 1 rings (SSSR count). The van der Waals surface area contributed by atoms with E-state index < -0.39 is 18.6 Å². The Kier molecular flexibility index (Phi) is 5.34. The van der Waals surface area contributed by atoms with E-state index in [9.17, 15) is 4.79 Å². The zero-order chi connectivity index (χ0) is 14.7. The number of aliphatic hydroxyl groups excluding tert-OH is 1. The Morgan fingerprint density at radius 1 is 1.37 bits per heavy atom. The maximum absolute atomic E-state index is 11.8. The minimum atomic E-state index is -0.954. The summed E-state index contributed by atoms with van der Waals surface area (Å²) in [5.41, 5.74) is 8.92. The van der Waals surface area contributed by atoms with Crippen molar-refractivity contribution in [1.29, 1.82) is 0 Å². The average molecular weight is 331 g/mol. The van der Waals surface area contributed by atoms with Gasteiger partial charge in [0.1, 0.15) is 11.8 Å². The van der Waals surface area contributed by atoms with Crippen molar-refractivity contribution in [3.63, 3.8) is 0 Å². The Balaban J connectivity index is 3.31. The van der Waals surface area contributed by atoms with Crippen LogP contribution < -0.4 is 15.8 Å². The van der Waals surface area contributed by atoms with Gasteiger partial charge in [-0.1, -0.05) is 15.9 Å². The first-order valence-corrected chi connectivity index (χ1v) is 6.64. The molecule has 0 aromatic heterocycles. The van der Waals surface area contributed by atoms with Gasteiger partial charge in [0.15, 0.2) is 0 Å². The number of amides is 1. The van der Waals surface area contributed by atoms with Gasteiger partial charge in [0.25, 0.3) is 0 Å². The molecule has 0 spiro atoms. The Hall–Kier alpha value is -1.11. The van der Waals surface area contributed by atoms with Crippen LogP contribution in [-0.2, 0) is 4.79 Å². The SMILES string of the molecule is COc1c(C)c(C)c(Br)c(C)c1NC(=O)C(N)CO. The second-order valence-corrected chi connectivity index (χ2v) is 5.17. The summed E-state index contributed by atoms with van der Waals surface area (Å²) in [7, 11) is 1.55. The summed E-state index contributed by atoms with van der Waals surface area (Å²) in [6, 6.07) is -0.954. The number of nitrogens with one attached hydrogen (secondary N) is 1. The molecule has 5 nitrogen and oxygen atoms in total. The van der Waals surface area contributed by atoms with Crippen molar-refractivity contribution in [3.8, 4) is 5.75 Å². The van der Waals surface area contributed by atoms with Gasteiger partial charge in [-0.3, -0.25) is 4.79 Å². The summed E-state index contributed by atoms with van der Waals surface area (Å²) in [5.74, 6) is 0.163. The lowest BCUT2D eigenvalue weighted by atomic mass is 10.0. The summed E-state index contributed by atoms with van der Waals surface area (Å²) < 4.78 is 6.28. The lowest BCUT2D eigenvalue weighted by Crippen LogP contribution is -2.38. The van der Waals surface area contributed by atoms with E-state index in [0.717, 1.165) is 21.2 Å². The van der Waals surface area contributed by atoms with Crippen molar-refractivity contribution in [2.45, 2.75) is 26.8 Å². The van der Waals surface area contributed by atoms with Gasteiger partial charge in [-0.15, -0.1) is 0 Å². The number of carbonyl (C=O) groups is 1. The Morgan fingerprint density at radius 3 is 2.42 bits per heavy atom. The molecular weight excluding hydrogens is 312 g/mol. The molecule has 0 bridgehead atoms. The highest BCUT2D eigenvalue weighted by Crippen LogP contribution is 2.39. The molecule has 1 aromatic rings. The highest BCUT2D eigenvalue weighted by molar-refractivity contribution is 9.10. The van der Waals surface area contributed by atoms with Gasteiger partial charge < -0.3 is 20.9 Å². The van der Waals surface area contributed by atoms with Crippen LogP contribution in [0.15, 0.2) is 4.47 Å². The van der Waals surface area contributed by atoms with Crippen molar-refractivity contribution in [3.05, 3.63) is 21.2 Å². The second kappa shape index (κ2) is 6.36. The lowest BCUT2D eigenvalue weighted by molar-refractivity contribution is -0.118. The van der Waals surface area contributed by atoms with Gasteiger partial charge in [0.05, 0.1) is 19.4 Å². The molecule has 0 saturated heterocycles. The fourth-order valence-electron chi connectivity index (χ4n) is 1.79. The molecule has 0 saturated carbocycles. The lowest BCUT2D eigenvalue weighted by Gasteiger charge is -2.20. The Bertz CT molecular complexity index is 503. The monoisotopic (exact) mass is 330 g/mol. The fraction of sp³-hybridized carbons (Fsp3) is 0.462. The second-order valence-electron chi connectivity index (χ2n) is 4.38. The molecule has 0 aliphatic heterocycles. The summed E-state index contributed by atoms with van der Waals surface area (Å²) in [5, 5.41) is 11.6. The van der Waals surface area contributed by atoms with Crippen molar-refractivity contribution < 1.29 is 14.6 Å². The van der Waals surface area contributed by atoms with E-state index in [0.29, 0.717) is 11.4 Å². The molecule has 1 unspecified atom stereocenters. The van der Waals surface area contributed by atoms with Crippen molar-refractivity contribution in [2.75, 3.05) is 19.0 Å². The standard InChI is InChI=1S/C13H19BrN2O3/c1-6-7(2)12(19-4)11(8(3)10(6)14)16-13(18)9(15)5-17/h9,17H,5,15H2,1-4H3,(H,16,18). The number of methoxy groups -OCH3 is 1. The normalized spacial score (nSPS) is 12.2. The first-order chi connectivity index (χ1) is 8.84. The van der Waals surface area contributed by atoms with Crippen molar-refractivity contribution >= 4 is 27.5 Å². The smallest absolute Gasteiger partial charge is 0.243 e. The summed E-state index contributed by atoms with van der Waals surface area (Å²) in [4.78, 5) is 11.8. The Morgan fingerprint density at radius 2 is 1.95 bits per heavy atom. The van der Waals surface area contributed by atoms with Crippen LogP contribution in [0.2, 0.25) is 0 Å². The molecule has 0 aliphatic carbocycles. The number of benzene rings is 1. The van der Waals surface area contributed by atoms with Gasteiger partial charge in [-0.25, -0.2) is 0 Å². The number of rotatable bonds is 4. The van der Waals surface area contributed by atoms with Gasteiger partial charge in [0, 0.05) is 4.47 Å². The third kappa shape index (κ3) is 3.08. The molecule has 1 amide bonds. The van der Waals surface area contributed by atoms with Crippen LogP contribution >= 0.6 is 15.9 Å². The average Bonchev–Trinajstić information content (AvgIpc) is 2.41. The first-order valence-electron chi connectivity index (χ1n) is 5.85. The molecule has 0 heterocycles. The van der Waals surface area contributed by atoms with Crippen molar-refractivity contribution in [1.82, 2.24) is 0 Å². The van der Waals surface area contributed by atoms with Crippen LogP contribution in [0.1, 0.15) is 16.7 Å². The van der Waals surface area contributed by atoms with E-state index in [1.807, 2.05) is 20.8 Å². The minimum absolute atomic E-state index is 0.404. The first kappa shape index (κ1) is 15.9. The summed E-state index contributed by atoms with van der Waals surface area (Å²) in [6.45, 7) is 5.36. The van der Waals surface area contributed by atoms with E-state index in [4.69, 9.17) is 15.6 Å². The van der Waals surface area contributed by atoms with Gasteiger partial charge in [-0.05, 0) is 37.5 Å². The molecule has 6 heteroatoms. The van der Waals surface area contributed by atoms with Crippen LogP contribution in [-0.4, -0.2) is 30.8 Å². The van der Waals surface area contributed by atoms with Crippen LogP contribution in [0.5, 0.6) is 5.75 Å². The van der Waals surface area contributed by atoms with E-state index in [-0.39, 0.29) is 0 Å². The Labute approximate surface area is 121 Å². The molecule has 0 aliphatic rings. The van der Waals surface area contributed by atoms with Crippen LogP contribution in [0.4, 0.5) is 5.69 Å². The molecule has 1 atom stereocenters. The molecule has 106 valence electrons. The number of carbonyl (C=O) groups excluding carboxylic acids is 1. The van der Waals surface area contributed by atoms with Crippen LogP contribution in [0, 0.1) is 20.8 Å². The highest BCUT2D eigenvalue weighted by Gasteiger charge is 2.20. The number of ether oxygens (including phenoxy) is 1. The van der Waals surface area contributed by atoms with Crippen molar-refractivity contribution in [2.24, 2.45) is 5.73 Å². The minimum Gasteiger partial charge on any atom is -0.494 e. The number of halogens is 1. The number of hydrogen-bond acceptors (Lipinski definition) is 4. The van der Waals surface area contributed by atoms with E-state index in [1.54, 1.807) is 7.11 Å². The quantitative estimate of drug-likeness (QED) is 0.783. The zero-order valence-electron chi connectivity index (χ0n) is 11.5. The number of aliphatic hydroxyl groups is 1. The largest absolute Gasteiger partial charge is 0.494 e. The highest BCUT2D eigenvalue weighted by atomic mass is 79.9. The predicted molar refractivity (Wildman–Crippen MR) is 78.6 cm³/mol. The third-order valence-electron chi connectivity index (χ3n) is 3.15. The molecule has 1 aromatic carbocycles. The zero-order valence-corrected chi connectivity index (χ0v) is 13.1. The van der Waals surface area contributed by atoms with Gasteiger partial charge >= 0.3 is 0 Å². The summed E-state index contributed by atoms with van der Waals surface area (Å²) >= 11 is 3.50. The molecule has 0 fully saturated rings. The molecular formula is C13H19BrN2O3. The molecule has 4 N–H and O–H groups in total. The van der Waals surface area contributed by atoms with Gasteiger partial charge in [0.2, 0.25) is 5.91 Å². The number of anilines is 1. The maximum Gasteiger partial charge on any atom is 0.243 e. The van der Waals surface area contributed by atoms with E-state index >= 15 is 0 Å². The topological polar surface area (TPSA) is 84.6 Å². The van der Waals surface area contributed by atoms with Crippen LogP contribution in [0.25, 0.3) is 0 Å². The number of nitrogens with two attached hydrogens (primary N) is 1. The summed E-state index contributed by atoms with van der Waals surface area (Å²) in [6.07, 6.45) is 0. The maximum atomic E-state index is 11.8. The van der Waals surface area contributed by atoms with E-state index in [2.05, 4.69) is 21.2 Å². The third-order valence-corrected chi connectivity index (χ3v) is 4.34. The van der Waals surface area contributed by atoms with Crippen LogP contribution in [0.3, 0.4) is 0 Å².